The van der Waals surface area contributed by atoms with Gasteiger partial charge in [-0.3, -0.25) is 0 Å². The Morgan fingerprint density at radius 2 is 1.75 bits per heavy atom. The van der Waals surface area contributed by atoms with Crippen LogP contribution in [0.25, 0.3) is 0 Å². The SMILES string of the molecule is CON.[Pt]. The Kier molecular flexibility index (Phi) is 20.9. The summed E-state index contributed by atoms with van der Waals surface area (Å²) in [6.07, 6.45) is 0. The molecule has 0 fully saturated rings. The molecule has 30 valence electrons. The van der Waals surface area contributed by atoms with E-state index in [9.17, 15) is 0 Å². The van der Waals surface area contributed by atoms with E-state index in [1.807, 2.05) is 0 Å². The monoisotopic (exact) mass is 242 g/mol. The van der Waals surface area contributed by atoms with Crippen LogP contribution in [0.3, 0.4) is 0 Å². The number of hydrogen-bond acceptors (Lipinski definition) is 2. The van der Waals surface area contributed by atoms with Gasteiger partial charge in [-0.15, -0.1) is 0 Å². The molecule has 0 unspecified atom stereocenters. The maximum Gasteiger partial charge on any atom is 0.0569 e. The van der Waals surface area contributed by atoms with Crippen molar-refractivity contribution in [1.29, 1.82) is 0 Å². The number of nitrogens with two attached hydrogens (primary N) is 1. The van der Waals surface area contributed by atoms with Gasteiger partial charge in [-0.2, -0.15) is 0 Å². The fourth-order valence-corrected chi connectivity index (χ4v) is 0. The van der Waals surface area contributed by atoms with Crippen molar-refractivity contribution >= 4 is 0 Å². The molecule has 0 aliphatic rings. The third-order valence-electron chi connectivity index (χ3n) is 0. The smallest absolute Gasteiger partial charge is 0.0569 e. The minimum atomic E-state index is 0. The van der Waals surface area contributed by atoms with Gasteiger partial charge in [-0.25, -0.2) is 5.90 Å². The molecule has 0 saturated carbocycles. The summed E-state index contributed by atoms with van der Waals surface area (Å²) >= 11 is 0. The van der Waals surface area contributed by atoms with Crippen LogP contribution in [0.4, 0.5) is 0 Å². The quantitative estimate of drug-likeness (QED) is 0.581. The predicted octanol–water partition coefficient (Wildman–Crippen LogP) is -0.496. The van der Waals surface area contributed by atoms with Crippen molar-refractivity contribution < 1.29 is 25.9 Å². The van der Waals surface area contributed by atoms with Gasteiger partial charge in [-0.05, 0) is 0 Å². The second kappa shape index (κ2) is 9.49. The standard InChI is InChI=1S/CH5NO.Pt/c1-3-2;/h2H2,1H3;. The van der Waals surface area contributed by atoms with Crippen LogP contribution in [0.15, 0.2) is 0 Å². The van der Waals surface area contributed by atoms with Gasteiger partial charge in [0.05, 0.1) is 7.11 Å². The maximum absolute atomic E-state index is 4.35. The summed E-state index contributed by atoms with van der Waals surface area (Å²) in [4.78, 5) is 3.75. The number of rotatable bonds is 0. The van der Waals surface area contributed by atoms with Gasteiger partial charge in [0, 0.05) is 21.1 Å². The summed E-state index contributed by atoms with van der Waals surface area (Å²) < 4.78 is 0. The van der Waals surface area contributed by atoms with Crippen molar-refractivity contribution in [3.8, 4) is 0 Å². The van der Waals surface area contributed by atoms with Gasteiger partial charge >= 0.3 is 0 Å². The molecule has 0 amide bonds. The molecule has 0 aliphatic heterocycles. The average Bonchev–Trinajstić information content (AvgIpc) is 0.918. The molecule has 0 atom stereocenters. The van der Waals surface area contributed by atoms with E-state index in [2.05, 4.69) is 10.7 Å². The topological polar surface area (TPSA) is 35.2 Å². The molecule has 0 saturated heterocycles. The molecule has 0 heterocycles. The summed E-state index contributed by atoms with van der Waals surface area (Å²) in [5.74, 6) is 4.35. The Hall–Kier alpha value is 0.608. The Morgan fingerprint density at radius 1 is 1.75 bits per heavy atom. The van der Waals surface area contributed by atoms with Gasteiger partial charge < -0.3 is 4.84 Å². The molecule has 0 bridgehead atoms. The summed E-state index contributed by atoms with van der Waals surface area (Å²) in [7, 11) is 1.40. The van der Waals surface area contributed by atoms with Gasteiger partial charge in [0.2, 0.25) is 0 Å². The largest absolute Gasteiger partial charge is 0.308 e. The number of hydrogen-bond donors (Lipinski definition) is 1. The Morgan fingerprint density at radius 3 is 1.75 bits per heavy atom. The first-order chi connectivity index (χ1) is 1.41. The van der Waals surface area contributed by atoms with Gasteiger partial charge in [-0.1, -0.05) is 0 Å². The first-order valence-electron chi connectivity index (χ1n) is 0.644. The van der Waals surface area contributed by atoms with Crippen LogP contribution in [0.1, 0.15) is 0 Å². The molecular formula is CH5NOPt. The van der Waals surface area contributed by atoms with Gasteiger partial charge in [0.25, 0.3) is 0 Å². The van der Waals surface area contributed by atoms with E-state index in [1.54, 1.807) is 0 Å². The zero-order valence-electron chi connectivity index (χ0n) is 2.30. The Balaban J connectivity index is 0. The zero-order valence-corrected chi connectivity index (χ0v) is 4.57. The minimum absolute atomic E-state index is 0. The molecular weight excluding hydrogens is 237 g/mol. The molecule has 0 aromatic carbocycles. The van der Waals surface area contributed by atoms with Crippen molar-refractivity contribution in [1.82, 2.24) is 0 Å². The van der Waals surface area contributed by atoms with E-state index in [0.29, 0.717) is 0 Å². The first-order valence-corrected chi connectivity index (χ1v) is 0.644. The normalized spacial score (nSPS) is 4.50. The van der Waals surface area contributed by atoms with Crippen LogP contribution in [-0.2, 0) is 25.9 Å². The zero-order chi connectivity index (χ0) is 2.71. The molecule has 4 heavy (non-hydrogen) atoms. The molecule has 0 radical (unpaired) electrons. The van der Waals surface area contributed by atoms with Gasteiger partial charge in [0.1, 0.15) is 0 Å². The minimum Gasteiger partial charge on any atom is -0.308 e. The fraction of sp³-hybridized carbons (Fsp3) is 1.00. The van der Waals surface area contributed by atoms with Crippen LogP contribution in [0, 0.1) is 0 Å². The van der Waals surface area contributed by atoms with Crippen LogP contribution in [0.2, 0.25) is 0 Å². The average molecular weight is 242 g/mol. The van der Waals surface area contributed by atoms with E-state index >= 15 is 0 Å². The van der Waals surface area contributed by atoms with Crippen molar-refractivity contribution in [2.24, 2.45) is 5.90 Å². The summed E-state index contributed by atoms with van der Waals surface area (Å²) in [5, 5.41) is 0. The second-order valence-corrected chi connectivity index (χ2v) is 0.236. The molecule has 0 rings (SSSR count). The summed E-state index contributed by atoms with van der Waals surface area (Å²) in [6, 6.07) is 0. The maximum atomic E-state index is 4.35. The molecule has 0 aliphatic carbocycles. The molecule has 2 N–H and O–H groups in total. The van der Waals surface area contributed by atoms with Crippen molar-refractivity contribution in [2.45, 2.75) is 0 Å². The van der Waals surface area contributed by atoms with Crippen LogP contribution < -0.4 is 5.90 Å². The molecule has 3 heteroatoms. The van der Waals surface area contributed by atoms with E-state index in [0.717, 1.165) is 0 Å². The Labute approximate surface area is 39.5 Å². The van der Waals surface area contributed by atoms with E-state index in [1.165, 1.54) is 7.11 Å². The molecule has 2 nitrogen and oxygen atoms in total. The van der Waals surface area contributed by atoms with E-state index in [-0.39, 0.29) is 21.1 Å². The molecule has 0 spiro atoms. The van der Waals surface area contributed by atoms with Crippen molar-refractivity contribution in [3.63, 3.8) is 0 Å². The van der Waals surface area contributed by atoms with Gasteiger partial charge in [0.15, 0.2) is 0 Å². The van der Waals surface area contributed by atoms with Crippen LogP contribution in [0.5, 0.6) is 0 Å². The summed E-state index contributed by atoms with van der Waals surface area (Å²) in [5.41, 5.74) is 0. The third kappa shape index (κ3) is 18.2. The van der Waals surface area contributed by atoms with E-state index in [4.69, 9.17) is 0 Å². The summed E-state index contributed by atoms with van der Waals surface area (Å²) in [6.45, 7) is 0. The molecule has 0 aromatic rings. The third-order valence-corrected chi connectivity index (χ3v) is 0. The van der Waals surface area contributed by atoms with Crippen LogP contribution in [-0.4, -0.2) is 7.11 Å². The van der Waals surface area contributed by atoms with Crippen LogP contribution >= 0.6 is 0 Å². The van der Waals surface area contributed by atoms with Crippen molar-refractivity contribution in [3.05, 3.63) is 0 Å². The second-order valence-electron chi connectivity index (χ2n) is 0.236. The predicted molar refractivity (Wildman–Crippen MR) is 11.2 cm³/mol. The van der Waals surface area contributed by atoms with E-state index < -0.39 is 0 Å². The fourth-order valence-electron chi connectivity index (χ4n) is 0. The van der Waals surface area contributed by atoms with Crippen molar-refractivity contribution in [2.75, 3.05) is 7.11 Å². The Bertz CT molecular complexity index is 8.00. The molecule has 0 aromatic heterocycles. The first kappa shape index (κ1) is 8.82.